The first-order chi connectivity index (χ1) is 16.5. The minimum absolute atomic E-state index is 0.0305. The van der Waals surface area contributed by atoms with E-state index in [0.29, 0.717) is 48.3 Å². The van der Waals surface area contributed by atoms with Crippen molar-refractivity contribution in [1.29, 1.82) is 0 Å². The van der Waals surface area contributed by atoms with Gasteiger partial charge >= 0.3 is 0 Å². The van der Waals surface area contributed by atoms with E-state index < -0.39 is 0 Å². The average Bonchev–Trinajstić information content (AvgIpc) is 2.88. The Balaban J connectivity index is 1.57. The van der Waals surface area contributed by atoms with Crippen LogP contribution in [0.5, 0.6) is 23.0 Å². The highest BCUT2D eigenvalue weighted by atomic mass is 16.5. The highest BCUT2D eigenvalue weighted by Crippen LogP contribution is 2.29. The SMILES string of the molecule is CCOc1cc(C(=O)N(C)CCOc2ccccc2OC)ccc1OCC(=O)N1CCCCC1. The summed E-state index contributed by atoms with van der Waals surface area (Å²) >= 11 is 0. The number of piperidine rings is 1. The van der Waals surface area contributed by atoms with E-state index in [1.807, 2.05) is 36.1 Å². The van der Waals surface area contributed by atoms with E-state index in [1.54, 1.807) is 37.3 Å². The standard InChI is InChI=1S/C26H34N2O6/c1-4-32-24-18-20(12-13-23(24)34-19-25(29)28-14-8-5-9-15-28)26(30)27(2)16-17-33-22-11-7-6-10-21(22)31-3/h6-7,10-13,18H,4-5,8-9,14-17,19H2,1-3H3. The van der Waals surface area contributed by atoms with Crippen LogP contribution < -0.4 is 18.9 Å². The van der Waals surface area contributed by atoms with Crippen molar-refractivity contribution in [2.75, 3.05) is 53.6 Å². The molecule has 3 rings (SSSR count). The van der Waals surface area contributed by atoms with Gasteiger partial charge < -0.3 is 28.7 Å². The van der Waals surface area contributed by atoms with E-state index in [1.165, 1.54) is 0 Å². The lowest BCUT2D eigenvalue weighted by Gasteiger charge is -2.26. The molecule has 2 aromatic carbocycles. The first kappa shape index (κ1) is 25.2. The molecular weight excluding hydrogens is 436 g/mol. The Hall–Kier alpha value is -3.42. The van der Waals surface area contributed by atoms with Crippen LogP contribution in [0.15, 0.2) is 42.5 Å². The number of carbonyl (C=O) groups excluding carboxylic acids is 2. The van der Waals surface area contributed by atoms with Crippen molar-refractivity contribution >= 4 is 11.8 Å². The van der Waals surface area contributed by atoms with Crippen molar-refractivity contribution in [2.45, 2.75) is 26.2 Å². The van der Waals surface area contributed by atoms with Gasteiger partial charge in [0.2, 0.25) is 0 Å². The fraction of sp³-hybridized carbons (Fsp3) is 0.462. The maximum absolute atomic E-state index is 12.9. The number of ether oxygens (including phenoxy) is 4. The van der Waals surface area contributed by atoms with Crippen molar-refractivity contribution in [1.82, 2.24) is 9.80 Å². The van der Waals surface area contributed by atoms with Gasteiger partial charge in [0.25, 0.3) is 11.8 Å². The molecule has 0 bridgehead atoms. The zero-order chi connectivity index (χ0) is 24.3. The summed E-state index contributed by atoms with van der Waals surface area (Å²) in [6, 6.07) is 12.4. The van der Waals surface area contributed by atoms with Crippen molar-refractivity contribution < 1.29 is 28.5 Å². The monoisotopic (exact) mass is 470 g/mol. The molecule has 8 heteroatoms. The van der Waals surface area contributed by atoms with Gasteiger partial charge in [-0.2, -0.15) is 0 Å². The summed E-state index contributed by atoms with van der Waals surface area (Å²) in [5.41, 5.74) is 0.470. The molecule has 184 valence electrons. The van der Waals surface area contributed by atoms with Gasteiger partial charge in [-0.1, -0.05) is 12.1 Å². The smallest absolute Gasteiger partial charge is 0.260 e. The number of para-hydroxylation sites is 2. The second-order valence-electron chi connectivity index (χ2n) is 8.05. The lowest BCUT2D eigenvalue weighted by Crippen LogP contribution is -2.38. The topological polar surface area (TPSA) is 77.5 Å². The largest absolute Gasteiger partial charge is 0.493 e. The molecule has 1 saturated heterocycles. The maximum Gasteiger partial charge on any atom is 0.260 e. The van der Waals surface area contributed by atoms with Gasteiger partial charge in [-0.05, 0) is 56.5 Å². The first-order valence-electron chi connectivity index (χ1n) is 11.7. The molecule has 1 aliphatic rings. The molecule has 34 heavy (non-hydrogen) atoms. The molecule has 0 spiro atoms. The predicted octanol–water partition coefficient (Wildman–Crippen LogP) is 3.64. The fourth-order valence-corrected chi connectivity index (χ4v) is 3.76. The van der Waals surface area contributed by atoms with Gasteiger partial charge in [0.1, 0.15) is 6.61 Å². The number of rotatable bonds is 11. The van der Waals surface area contributed by atoms with Crippen LogP contribution in [0.2, 0.25) is 0 Å². The quantitative estimate of drug-likeness (QED) is 0.499. The number of methoxy groups -OCH3 is 1. The number of nitrogens with zero attached hydrogens (tertiary/aromatic N) is 2. The zero-order valence-corrected chi connectivity index (χ0v) is 20.2. The van der Waals surface area contributed by atoms with Crippen molar-refractivity contribution in [2.24, 2.45) is 0 Å². The molecule has 0 unspecified atom stereocenters. The van der Waals surface area contributed by atoms with E-state index in [9.17, 15) is 9.59 Å². The Morgan fingerprint density at radius 3 is 2.32 bits per heavy atom. The van der Waals surface area contributed by atoms with E-state index in [4.69, 9.17) is 18.9 Å². The lowest BCUT2D eigenvalue weighted by atomic mass is 10.1. The fourth-order valence-electron chi connectivity index (χ4n) is 3.76. The third-order valence-electron chi connectivity index (χ3n) is 5.65. The first-order valence-corrected chi connectivity index (χ1v) is 11.7. The number of likely N-dealkylation sites (N-methyl/N-ethyl adjacent to an activating group) is 1. The highest BCUT2D eigenvalue weighted by molar-refractivity contribution is 5.94. The second-order valence-corrected chi connectivity index (χ2v) is 8.05. The summed E-state index contributed by atoms with van der Waals surface area (Å²) in [5, 5.41) is 0. The highest BCUT2D eigenvalue weighted by Gasteiger charge is 2.19. The molecular formula is C26H34N2O6. The summed E-state index contributed by atoms with van der Waals surface area (Å²) in [6.45, 7) is 4.50. The van der Waals surface area contributed by atoms with E-state index in [-0.39, 0.29) is 18.4 Å². The van der Waals surface area contributed by atoms with Gasteiger partial charge in [-0.15, -0.1) is 0 Å². The molecule has 0 radical (unpaired) electrons. The third-order valence-corrected chi connectivity index (χ3v) is 5.65. The molecule has 0 atom stereocenters. The zero-order valence-electron chi connectivity index (χ0n) is 20.2. The van der Waals surface area contributed by atoms with Gasteiger partial charge in [-0.25, -0.2) is 0 Å². The van der Waals surface area contributed by atoms with Gasteiger partial charge in [0.15, 0.2) is 29.6 Å². The summed E-state index contributed by atoms with van der Waals surface area (Å²) < 4.78 is 22.5. The van der Waals surface area contributed by atoms with Crippen LogP contribution in [0, 0.1) is 0 Å². The number of amides is 2. The molecule has 0 aliphatic carbocycles. The van der Waals surface area contributed by atoms with E-state index in [2.05, 4.69) is 0 Å². The Morgan fingerprint density at radius 2 is 1.62 bits per heavy atom. The molecule has 0 N–H and O–H groups in total. The summed E-state index contributed by atoms with van der Waals surface area (Å²) in [7, 11) is 3.31. The van der Waals surface area contributed by atoms with Gasteiger partial charge in [0, 0.05) is 25.7 Å². The van der Waals surface area contributed by atoms with Crippen LogP contribution in [-0.2, 0) is 4.79 Å². The molecule has 2 aromatic rings. The molecule has 2 amide bonds. The van der Waals surface area contributed by atoms with Crippen LogP contribution >= 0.6 is 0 Å². The minimum atomic E-state index is -0.166. The van der Waals surface area contributed by atoms with E-state index >= 15 is 0 Å². The Labute approximate surface area is 201 Å². The minimum Gasteiger partial charge on any atom is -0.493 e. The van der Waals surface area contributed by atoms with E-state index in [0.717, 1.165) is 32.4 Å². The lowest BCUT2D eigenvalue weighted by molar-refractivity contribution is -0.134. The van der Waals surface area contributed by atoms with Gasteiger partial charge in [0.05, 0.1) is 20.3 Å². The Kier molecular flexibility index (Phi) is 9.43. The molecule has 1 fully saturated rings. The maximum atomic E-state index is 12.9. The Bertz CT molecular complexity index is 958. The van der Waals surface area contributed by atoms with Crippen LogP contribution in [0.4, 0.5) is 0 Å². The average molecular weight is 471 g/mol. The van der Waals surface area contributed by atoms with Crippen LogP contribution in [0.25, 0.3) is 0 Å². The Morgan fingerprint density at radius 1 is 0.912 bits per heavy atom. The summed E-state index contributed by atoms with van der Waals surface area (Å²) in [5.74, 6) is 1.97. The number of hydrogen-bond donors (Lipinski definition) is 0. The summed E-state index contributed by atoms with van der Waals surface area (Å²) in [4.78, 5) is 28.8. The van der Waals surface area contributed by atoms with Crippen molar-refractivity contribution in [3.05, 3.63) is 48.0 Å². The molecule has 0 saturated carbocycles. The van der Waals surface area contributed by atoms with Crippen molar-refractivity contribution in [3.8, 4) is 23.0 Å². The molecule has 1 heterocycles. The van der Waals surface area contributed by atoms with Crippen LogP contribution in [-0.4, -0.2) is 75.2 Å². The summed E-state index contributed by atoms with van der Waals surface area (Å²) in [6.07, 6.45) is 3.23. The molecule has 0 aromatic heterocycles. The van der Waals surface area contributed by atoms with Crippen LogP contribution in [0.1, 0.15) is 36.5 Å². The number of benzene rings is 2. The number of carbonyl (C=O) groups is 2. The molecule has 1 aliphatic heterocycles. The second kappa shape index (κ2) is 12.7. The van der Waals surface area contributed by atoms with Gasteiger partial charge in [-0.3, -0.25) is 9.59 Å². The molecule has 8 nitrogen and oxygen atoms in total. The van der Waals surface area contributed by atoms with Crippen molar-refractivity contribution in [3.63, 3.8) is 0 Å². The number of likely N-dealkylation sites (tertiary alicyclic amines) is 1. The number of hydrogen-bond acceptors (Lipinski definition) is 6. The predicted molar refractivity (Wildman–Crippen MR) is 129 cm³/mol. The third kappa shape index (κ3) is 6.79. The normalized spacial score (nSPS) is 13.2. The van der Waals surface area contributed by atoms with Crippen LogP contribution in [0.3, 0.4) is 0 Å².